The Hall–Kier alpha value is -1.65. The highest BCUT2D eigenvalue weighted by molar-refractivity contribution is 6.30. The first kappa shape index (κ1) is 11.8. The Balaban J connectivity index is 2.46. The number of rotatable bonds is 3. The largest absolute Gasteiger partial charge is 0.383 e. The molecule has 0 saturated heterocycles. The van der Waals surface area contributed by atoms with E-state index in [1.54, 1.807) is 12.4 Å². The van der Waals surface area contributed by atoms with Crippen LogP contribution in [0, 0.1) is 0 Å². The predicted molar refractivity (Wildman–Crippen MR) is 68.8 cm³/mol. The number of pyridine rings is 2. The van der Waals surface area contributed by atoms with Crippen LogP contribution >= 0.6 is 11.6 Å². The van der Waals surface area contributed by atoms with Crippen molar-refractivity contribution in [3.8, 4) is 0 Å². The summed E-state index contributed by atoms with van der Waals surface area (Å²) in [5, 5.41) is 3.75. The predicted octanol–water partition coefficient (Wildman–Crippen LogP) is 2.02. The van der Waals surface area contributed by atoms with Crippen LogP contribution in [0.1, 0.15) is 17.2 Å². The van der Waals surface area contributed by atoms with E-state index in [-0.39, 0.29) is 6.04 Å². The minimum Gasteiger partial charge on any atom is -0.383 e. The van der Waals surface area contributed by atoms with Crippen LogP contribution in [-0.4, -0.2) is 17.0 Å². The zero-order valence-corrected chi connectivity index (χ0v) is 10.1. The van der Waals surface area contributed by atoms with Gasteiger partial charge in [0.1, 0.15) is 5.82 Å². The monoisotopic (exact) mass is 248 g/mol. The van der Waals surface area contributed by atoms with E-state index in [0.29, 0.717) is 10.8 Å². The van der Waals surface area contributed by atoms with Crippen molar-refractivity contribution in [1.29, 1.82) is 0 Å². The first-order valence-electron chi connectivity index (χ1n) is 5.20. The maximum absolute atomic E-state index is 5.94. The van der Waals surface area contributed by atoms with E-state index in [2.05, 4.69) is 15.3 Å². The maximum Gasteiger partial charge on any atom is 0.128 e. The highest BCUT2D eigenvalue weighted by Gasteiger charge is 2.16. The number of halogens is 1. The van der Waals surface area contributed by atoms with Gasteiger partial charge in [-0.05, 0) is 24.7 Å². The van der Waals surface area contributed by atoms with E-state index in [4.69, 9.17) is 17.3 Å². The summed E-state index contributed by atoms with van der Waals surface area (Å²) >= 11 is 5.94. The summed E-state index contributed by atoms with van der Waals surface area (Å²) in [4.78, 5) is 8.16. The molecule has 0 amide bonds. The number of nitrogen functional groups attached to an aromatic ring is 1. The zero-order valence-electron chi connectivity index (χ0n) is 9.39. The lowest BCUT2D eigenvalue weighted by molar-refractivity contribution is 0.688. The van der Waals surface area contributed by atoms with Gasteiger partial charge in [0, 0.05) is 24.2 Å². The number of anilines is 1. The van der Waals surface area contributed by atoms with Gasteiger partial charge in [-0.25, -0.2) is 4.98 Å². The standard InChI is InChI=1S/C12H13ClN4/c1-15-11(8-3-2-4-16-6-8)10-5-9(13)7-17-12(10)14/h2-7,11,15H,1H3,(H2,14,17). The molecule has 0 aliphatic carbocycles. The minimum absolute atomic E-state index is 0.0603. The van der Waals surface area contributed by atoms with Crippen molar-refractivity contribution in [2.24, 2.45) is 0 Å². The molecule has 2 aromatic rings. The van der Waals surface area contributed by atoms with Crippen LogP contribution in [0.25, 0.3) is 0 Å². The second kappa shape index (κ2) is 5.12. The Labute approximate surface area is 105 Å². The lowest BCUT2D eigenvalue weighted by atomic mass is 10.0. The molecule has 0 bridgehead atoms. The van der Waals surface area contributed by atoms with Crippen LogP contribution < -0.4 is 11.1 Å². The normalized spacial score (nSPS) is 12.4. The summed E-state index contributed by atoms with van der Waals surface area (Å²) in [6.07, 6.45) is 5.06. The van der Waals surface area contributed by atoms with Crippen LogP contribution in [0.3, 0.4) is 0 Å². The van der Waals surface area contributed by atoms with Gasteiger partial charge in [0.2, 0.25) is 0 Å². The number of hydrogen-bond acceptors (Lipinski definition) is 4. The fraction of sp³-hybridized carbons (Fsp3) is 0.167. The lowest BCUT2D eigenvalue weighted by Crippen LogP contribution is -2.19. The van der Waals surface area contributed by atoms with Crippen molar-refractivity contribution in [2.75, 3.05) is 12.8 Å². The first-order chi connectivity index (χ1) is 8.22. The second-order valence-electron chi connectivity index (χ2n) is 3.64. The highest BCUT2D eigenvalue weighted by atomic mass is 35.5. The summed E-state index contributed by atoms with van der Waals surface area (Å²) in [5.41, 5.74) is 7.75. The molecule has 1 atom stereocenters. The van der Waals surface area contributed by atoms with Gasteiger partial charge in [0.25, 0.3) is 0 Å². The van der Waals surface area contributed by atoms with E-state index in [1.165, 1.54) is 6.20 Å². The van der Waals surface area contributed by atoms with E-state index < -0.39 is 0 Å². The molecule has 88 valence electrons. The molecule has 0 radical (unpaired) electrons. The van der Waals surface area contributed by atoms with E-state index in [1.807, 2.05) is 25.2 Å². The van der Waals surface area contributed by atoms with Gasteiger partial charge < -0.3 is 11.1 Å². The Kier molecular flexibility index (Phi) is 3.56. The lowest BCUT2D eigenvalue weighted by Gasteiger charge is -2.18. The van der Waals surface area contributed by atoms with Gasteiger partial charge in [-0.1, -0.05) is 17.7 Å². The molecule has 2 rings (SSSR count). The zero-order chi connectivity index (χ0) is 12.3. The fourth-order valence-electron chi connectivity index (χ4n) is 1.75. The Morgan fingerprint density at radius 3 is 2.88 bits per heavy atom. The van der Waals surface area contributed by atoms with Crippen molar-refractivity contribution < 1.29 is 0 Å². The van der Waals surface area contributed by atoms with Gasteiger partial charge in [-0.3, -0.25) is 4.98 Å². The van der Waals surface area contributed by atoms with Crippen LogP contribution in [0.15, 0.2) is 36.8 Å². The molecule has 4 nitrogen and oxygen atoms in total. The van der Waals surface area contributed by atoms with E-state index in [9.17, 15) is 0 Å². The molecule has 0 aromatic carbocycles. The summed E-state index contributed by atoms with van der Waals surface area (Å²) < 4.78 is 0. The molecule has 0 aliphatic heterocycles. The van der Waals surface area contributed by atoms with Gasteiger partial charge in [-0.2, -0.15) is 0 Å². The molecule has 1 unspecified atom stereocenters. The Morgan fingerprint density at radius 2 is 2.24 bits per heavy atom. The molecule has 0 fully saturated rings. The number of nitrogens with two attached hydrogens (primary N) is 1. The molecule has 0 spiro atoms. The van der Waals surface area contributed by atoms with Gasteiger partial charge >= 0.3 is 0 Å². The molecule has 0 aliphatic rings. The quantitative estimate of drug-likeness (QED) is 0.872. The number of nitrogens with zero attached hydrogens (tertiary/aromatic N) is 2. The van der Waals surface area contributed by atoms with Crippen LogP contribution in [0.2, 0.25) is 5.02 Å². The third-order valence-electron chi connectivity index (χ3n) is 2.53. The smallest absolute Gasteiger partial charge is 0.128 e. The summed E-state index contributed by atoms with van der Waals surface area (Å²) in [7, 11) is 1.86. The van der Waals surface area contributed by atoms with Crippen molar-refractivity contribution in [3.63, 3.8) is 0 Å². The van der Waals surface area contributed by atoms with Crippen LogP contribution in [-0.2, 0) is 0 Å². The fourth-order valence-corrected chi connectivity index (χ4v) is 1.91. The van der Waals surface area contributed by atoms with E-state index >= 15 is 0 Å². The highest BCUT2D eigenvalue weighted by Crippen LogP contribution is 2.26. The number of aromatic nitrogens is 2. The van der Waals surface area contributed by atoms with Crippen LogP contribution in [0.4, 0.5) is 5.82 Å². The molecule has 0 saturated carbocycles. The van der Waals surface area contributed by atoms with E-state index in [0.717, 1.165) is 11.1 Å². The average molecular weight is 249 g/mol. The number of nitrogens with one attached hydrogen (secondary N) is 1. The summed E-state index contributed by atoms with van der Waals surface area (Å²) in [5.74, 6) is 0.470. The molecular formula is C12H13ClN4. The topological polar surface area (TPSA) is 63.8 Å². The molecule has 17 heavy (non-hydrogen) atoms. The molecule has 2 aromatic heterocycles. The third-order valence-corrected chi connectivity index (χ3v) is 2.74. The summed E-state index contributed by atoms with van der Waals surface area (Å²) in [6, 6.07) is 5.62. The van der Waals surface area contributed by atoms with Gasteiger partial charge in [0.15, 0.2) is 0 Å². The summed E-state index contributed by atoms with van der Waals surface area (Å²) in [6.45, 7) is 0. The van der Waals surface area contributed by atoms with Crippen molar-refractivity contribution in [3.05, 3.63) is 52.9 Å². The van der Waals surface area contributed by atoms with Crippen molar-refractivity contribution in [1.82, 2.24) is 15.3 Å². The van der Waals surface area contributed by atoms with Crippen LogP contribution in [0.5, 0.6) is 0 Å². The second-order valence-corrected chi connectivity index (χ2v) is 4.07. The third kappa shape index (κ3) is 2.54. The molecule has 3 N–H and O–H groups in total. The SMILES string of the molecule is CNC(c1cccnc1)c1cc(Cl)cnc1N. The molecule has 5 heteroatoms. The van der Waals surface area contributed by atoms with Crippen molar-refractivity contribution in [2.45, 2.75) is 6.04 Å². The Morgan fingerprint density at radius 1 is 1.41 bits per heavy atom. The number of hydrogen-bond donors (Lipinski definition) is 2. The Bertz CT molecular complexity index is 501. The van der Waals surface area contributed by atoms with Gasteiger partial charge in [0.05, 0.1) is 11.1 Å². The molecule has 2 heterocycles. The average Bonchev–Trinajstić information content (AvgIpc) is 2.36. The minimum atomic E-state index is -0.0603. The molecular weight excluding hydrogens is 236 g/mol. The maximum atomic E-state index is 5.94. The van der Waals surface area contributed by atoms with Crippen molar-refractivity contribution >= 4 is 17.4 Å². The first-order valence-corrected chi connectivity index (χ1v) is 5.58. The van der Waals surface area contributed by atoms with Gasteiger partial charge in [-0.15, -0.1) is 0 Å².